The van der Waals surface area contributed by atoms with E-state index in [-0.39, 0.29) is 17.9 Å². The van der Waals surface area contributed by atoms with E-state index in [2.05, 4.69) is 21.6 Å². The van der Waals surface area contributed by atoms with Gasteiger partial charge in [0.1, 0.15) is 11.6 Å². The van der Waals surface area contributed by atoms with Crippen LogP contribution in [0.15, 0.2) is 24.3 Å². The fraction of sp³-hybridized carbons (Fsp3) is 0.579. The molecule has 2 N–H and O–H groups in total. The summed E-state index contributed by atoms with van der Waals surface area (Å²) in [4.78, 5) is 29.7. The molecule has 2 amide bonds. The Morgan fingerprint density at radius 1 is 1.20 bits per heavy atom. The molecule has 1 aromatic rings. The fourth-order valence-electron chi connectivity index (χ4n) is 4.44. The number of benzene rings is 1. The first-order valence-corrected chi connectivity index (χ1v) is 9.23. The van der Waals surface area contributed by atoms with Gasteiger partial charge in [0.15, 0.2) is 0 Å². The van der Waals surface area contributed by atoms with Gasteiger partial charge in [0.25, 0.3) is 0 Å². The predicted molar refractivity (Wildman–Crippen MR) is 96.4 cm³/mol. The van der Waals surface area contributed by atoms with Crippen LogP contribution in [0.2, 0.25) is 0 Å². The number of likely N-dealkylation sites (tertiary alicyclic amines) is 1. The molecule has 0 aromatic heterocycles. The topological polar surface area (TPSA) is 64.7 Å². The number of nitrogens with one attached hydrogen (secondary N) is 2. The van der Waals surface area contributed by atoms with E-state index in [0.717, 1.165) is 31.6 Å². The zero-order valence-corrected chi connectivity index (χ0v) is 14.8. The number of rotatable bonds is 1. The van der Waals surface area contributed by atoms with Gasteiger partial charge in [-0.1, -0.05) is 18.2 Å². The van der Waals surface area contributed by atoms with Crippen molar-refractivity contribution >= 4 is 17.5 Å². The zero-order chi connectivity index (χ0) is 17.4. The summed E-state index contributed by atoms with van der Waals surface area (Å²) in [5, 5.41) is 6.40. The summed E-state index contributed by atoms with van der Waals surface area (Å²) in [6, 6.07) is 7.93. The largest absolute Gasteiger partial charge is 0.373 e. The zero-order valence-electron chi connectivity index (χ0n) is 14.8. The van der Waals surface area contributed by atoms with E-state index in [4.69, 9.17) is 0 Å². The van der Waals surface area contributed by atoms with E-state index in [1.807, 2.05) is 30.1 Å². The van der Waals surface area contributed by atoms with E-state index >= 15 is 0 Å². The number of fused-ring (bicyclic) bond motifs is 1. The number of amides is 2. The average Bonchev–Trinajstić information content (AvgIpc) is 3.03. The second kappa shape index (κ2) is 6.33. The highest BCUT2D eigenvalue weighted by molar-refractivity contribution is 5.89. The number of likely N-dealkylation sites (N-methyl/N-ethyl adjacent to an activating group) is 1. The molecule has 3 heterocycles. The highest BCUT2D eigenvalue weighted by Gasteiger charge is 2.46. The lowest BCUT2D eigenvalue weighted by Gasteiger charge is -2.45. The lowest BCUT2D eigenvalue weighted by molar-refractivity contribution is -0.141. The Kier molecular flexibility index (Phi) is 4.15. The summed E-state index contributed by atoms with van der Waals surface area (Å²) in [5.41, 5.74) is 1.83. The Labute approximate surface area is 148 Å². The molecule has 0 aliphatic carbocycles. The first kappa shape index (κ1) is 16.4. The Bertz CT molecular complexity index is 657. The number of hydrogen-bond donors (Lipinski definition) is 2. The molecule has 0 radical (unpaired) electrons. The lowest BCUT2D eigenvalue weighted by atomic mass is 9.84. The number of anilines is 1. The van der Waals surface area contributed by atoms with Crippen molar-refractivity contribution in [3.63, 3.8) is 0 Å². The van der Waals surface area contributed by atoms with Crippen molar-refractivity contribution in [3.8, 4) is 0 Å². The molecular weight excluding hydrogens is 316 g/mol. The number of nitrogens with zero attached hydrogens (tertiary/aromatic N) is 2. The number of carbonyl (C=O) groups excluding carboxylic acids is 2. The van der Waals surface area contributed by atoms with Gasteiger partial charge in [-0.2, -0.15) is 0 Å². The normalized spacial score (nSPS) is 25.9. The third-order valence-electron chi connectivity index (χ3n) is 6.08. The molecular formula is C19H26N4O2. The van der Waals surface area contributed by atoms with E-state index in [1.165, 1.54) is 5.56 Å². The standard InChI is InChI=1S/C19H26N4O2/c1-22-10-4-9-20-18(25)19(22)7-11-23(12-8-19)17(24)16-13-14-5-2-3-6-15(14)21-16/h2-3,5-6,16,21H,4,7-13H2,1H3,(H,20,25)/t16-/m0/s1. The van der Waals surface area contributed by atoms with E-state index < -0.39 is 5.54 Å². The van der Waals surface area contributed by atoms with Crippen LogP contribution >= 0.6 is 0 Å². The number of carbonyl (C=O) groups is 2. The maximum atomic E-state index is 12.9. The van der Waals surface area contributed by atoms with Crippen molar-refractivity contribution in [2.45, 2.75) is 37.3 Å². The van der Waals surface area contributed by atoms with Crippen LogP contribution in [-0.2, 0) is 16.0 Å². The Hall–Kier alpha value is -2.08. The van der Waals surface area contributed by atoms with Crippen LogP contribution in [0, 0.1) is 0 Å². The summed E-state index contributed by atoms with van der Waals surface area (Å²) >= 11 is 0. The summed E-state index contributed by atoms with van der Waals surface area (Å²) in [5.74, 6) is 0.286. The summed E-state index contributed by atoms with van der Waals surface area (Å²) in [7, 11) is 2.04. The molecule has 0 bridgehead atoms. The quantitative estimate of drug-likeness (QED) is 0.794. The second-order valence-corrected chi connectivity index (χ2v) is 7.45. The van der Waals surface area contributed by atoms with Crippen LogP contribution in [-0.4, -0.2) is 66.4 Å². The van der Waals surface area contributed by atoms with Gasteiger partial charge in [-0.15, -0.1) is 0 Å². The molecule has 4 rings (SSSR count). The van der Waals surface area contributed by atoms with Crippen LogP contribution in [0.5, 0.6) is 0 Å². The van der Waals surface area contributed by atoms with Crippen LogP contribution in [0.25, 0.3) is 0 Å². The van der Waals surface area contributed by atoms with Gasteiger partial charge >= 0.3 is 0 Å². The van der Waals surface area contributed by atoms with Gasteiger partial charge in [-0.3, -0.25) is 14.5 Å². The van der Waals surface area contributed by atoms with Crippen molar-refractivity contribution in [1.82, 2.24) is 15.1 Å². The molecule has 6 heteroatoms. The van der Waals surface area contributed by atoms with Gasteiger partial charge in [-0.05, 0) is 37.9 Å². The Morgan fingerprint density at radius 3 is 2.72 bits per heavy atom. The first-order valence-electron chi connectivity index (χ1n) is 9.23. The highest BCUT2D eigenvalue weighted by Crippen LogP contribution is 2.32. The Balaban J connectivity index is 1.42. The molecule has 0 saturated carbocycles. The first-order chi connectivity index (χ1) is 12.1. The third-order valence-corrected chi connectivity index (χ3v) is 6.08. The smallest absolute Gasteiger partial charge is 0.245 e. The summed E-state index contributed by atoms with van der Waals surface area (Å²) in [6.07, 6.45) is 3.15. The van der Waals surface area contributed by atoms with Crippen molar-refractivity contribution in [3.05, 3.63) is 29.8 Å². The van der Waals surface area contributed by atoms with Crippen LogP contribution in [0.1, 0.15) is 24.8 Å². The summed E-state index contributed by atoms with van der Waals surface area (Å²) < 4.78 is 0. The van der Waals surface area contributed by atoms with Gasteiger partial charge < -0.3 is 15.5 Å². The molecule has 3 aliphatic heterocycles. The molecule has 134 valence electrons. The second-order valence-electron chi connectivity index (χ2n) is 7.45. The molecule has 2 saturated heterocycles. The lowest BCUT2D eigenvalue weighted by Crippen LogP contribution is -2.62. The van der Waals surface area contributed by atoms with Crippen LogP contribution in [0.3, 0.4) is 0 Å². The minimum Gasteiger partial charge on any atom is -0.373 e. The molecule has 3 aliphatic rings. The average molecular weight is 342 g/mol. The number of hydrogen-bond acceptors (Lipinski definition) is 4. The monoisotopic (exact) mass is 342 g/mol. The number of piperidine rings is 1. The van der Waals surface area contributed by atoms with Gasteiger partial charge in [-0.25, -0.2) is 0 Å². The van der Waals surface area contributed by atoms with Gasteiger partial charge in [0, 0.05) is 38.3 Å². The van der Waals surface area contributed by atoms with Crippen LogP contribution in [0.4, 0.5) is 5.69 Å². The maximum absolute atomic E-state index is 12.9. The SMILES string of the molecule is CN1CCCNC(=O)C12CCN(C(=O)[C@@H]1Cc3ccccc3N1)CC2. The summed E-state index contributed by atoms with van der Waals surface area (Å²) in [6.45, 7) is 2.96. The van der Waals surface area contributed by atoms with E-state index in [9.17, 15) is 9.59 Å². The third kappa shape index (κ3) is 2.78. The molecule has 6 nitrogen and oxygen atoms in total. The predicted octanol–water partition coefficient (Wildman–Crippen LogP) is 0.836. The molecule has 0 unspecified atom stereocenters. The fourth-order valence-corrected chi connectivity index (χ4v) is 4.44. The van der Waals surface area contributed by atoms with E-state index in [1.54, 1.807) is 0 Å². The van der Waals surface area contributed by atoms with Crippen molar-refractivity contribution in [2.24, 2.45) is 0 Å². The molecule has 25 heavy (non-hydrogen) atoms. The van der Waals surface area contributed by atoms with Crippen LogP contribution < -0.4 is 10.6 Å². The maximum Gasteiger partial charge on any atom is 0.245 e. The van der Waals surface area contributed by atoms with Crippen molar-refractivity contribution < 1.29 is 9.59 Å². The van der Waals surface area contributed by atoms with Gasteiger partial charge in [0.05, 0.1) is 0 Å². The van der Waals surface area contributed by atoms with Crippen molar-refractivity contribution in [2.75, 3.05) is 38.5 Å². The highest BCUT2D eigenvalue weighted by atomic mass is 16.2. The van der Waals surface area contributed by atoms with E-state index in [0.29, 0.717) is 25.9 Å². The molecule has 1 aromatic carbocycles. The minimum absolute atomic E-state index is 0.131. The van der Waals surface area contributed by atoms with Crippen molar-refractivity contribution in [1.29, 1.82) is 0 Å². The minimum atomic E-state index is -0.445. The molecule has 1 atom stereocenters. The molecule has 2 fully saturated rings. The molecule has 1 spiro atoms. The number of para-hydroxylation sites is 1. The Morgan fingerprint density at radius 2 is 1.96 bits per heavy atom. The van der Waals surface area contributed by atoms with Gasteiger partial charge in [0.2, 0.25) is 11.8 Å².